The lowest BCUT2D eigenvalue weighted by molar-refractivity contribution is -0.908. The minimum Gasteiger partial charge on any atom is -0.329 e. The van der Waals surface area contributed by atoms with Crippen molar-refractivity contribution in [1.29, 1.82) is 0 Å². The molecular weight excluding hydrogens is 286 g/mol. The number of nitrogens with one attached hydrogen (secondary N) is 1. The molecule has 1 atom stereocenters. The Labute approximate surface area is 136 Å². The second-order valence-electron chi connectivity index (χ2n) is 6.18. The number of hydrogen-bond donors (Lipinski definition) is 1. The van der Waals surface area contributed by atoms with Crippen LogP contribution in [0.25, 0.3) is 5.65 Å². The predicted molar refractivity (Wildman–Crippen MR) is 91.7 cm³/mol. The molecule has 0 spiro atoms. The third kappa shape index (κ3) is 3.32. The smallest absolute Gasteiger partial charge is 0.258 e. The molecule has 0 saturated carbocycles. The van der Waals surface area contributed by atoms with E-state index in [-0.39, 0.29) is 5.56 Å². The highest BCUT2D eigenvalue weighted by Crippen LogP contribution is 2.05. The lowest BCUT2D eigenvalue weighted by atomic mass is 10.1. The van der Waals surface area contributed by atoms with Crippen LogP contribution in [0.15, 0.2) is 53.3 Å². The number of aryl methyl sites for hydroxylation is 2. The highest BCUT2D eigenvalue weighted by atomic mass is 16.1. The Morgan fingerprint density at radius 3 is 2.61 bits per heavy atom. The van der Waals surface area contributed by atoms with Crippen LogP contribution in [0.5, 0.6) is 0 Å². The van der Waals surface area contributed by atoms with Crippen LogP contribution in [0.2, 0.25) is 0 Å². The first-order chi connectivity index (χ1) is 11.0. The number of pyridine rings is 1. The number of nitrogens with zero attached hydrogens (tertiary/aromatic N) is 2. The Hall–Kier alpha value is -2.46. The molecule has 3 aromatic rings. The normalized spacial score (nSPS) is 12.5. The quantitative estimate of drug-likeness (QED) is 0.794. The Kier molecular flexibility index (Phi) is 4.26. The van der Waals surface area contributed by atoms with Crippen LogP contribution in [0.3, 0.4) is 0 Å². The molecule has 0 aliphatic rings. The molecule has 0 radical (unpaired) electrons. The second kappa shape index (κ2) is 6.34. The average Bonchev–Trinajstić information content (AvgIpc) is 2.49. The van der Waals surface area contributed by atoms with Crippen LogP contribution < -0.4 is 10.5 Å². The van der Waals surface area contributed by atoms with Gasteiger partial charge < -0.3 is 4.90 Å². The van der Waals surface area contributed by atoms with E-state index in [4.69, 9.17) is 0 Å². The van der Waals surface area contributed by atoms with Crippen molar-refractivity contribution in [3.8, 4) is 0 Å². The van der Waals surface area contributed by atoms with E-state index in [0.717, 1.165) is 30.1 Å². The van der Waals surface area contributed by atoms with Gasteiger partial charge in [-0.1, -0.05) is 30.3 Å². The zero-order valence-electron chi connectivity index (χ0n) is 13.8. The second-order valence-corrected chi connectivity index (χ2v) is 6.18. The van der Waals surface area contributed by atoms with Gasteiger partial charge in [0.05, 0.1) is 7.05 Å². The van der Waals surface area contributed by atoms with Crippen LogP contribution in [0, 0.1) is 13.8 Å². The maximum absolute atomic E-state index is 12.3. The molecule has 3 rings (SSSR count). The number of fused-ring (bicyclic) bond motifs is 1. The van der Waals surface area contributed by atoms with Crippen LogP contribution in [0.4, 0.5) is 0 Å². The number of aromatic nitrogens is 2. The van der Waals surface area contributed by atoms with Crippen molar-refractivity contribution >= 4 is 5.65 Å². The summed E-state index contributed by atoms with van der Waals surface area (Å²) in [6, 6.07) is 15.8. The molecule has 4 nitrogen and oxygen atoms in total. The Bertz CT molecular complexity index is 899. The fourth-order valence-electron chi connectivity index (χ4n) is 2.96. The van der Waals surface area contributed by atoms with E-state index in [1.807, 2.05) is 25.1 Å². The Morgan fingerprint density at radius 1 is 1.04 bits per heavy atom. The minimum atomic E-state index is -0.00760. The first-order valence-corrected chi connectivity index (χ1v) is 7.89. The van der Waals surface area contributed by atoms with Crippen LogP contribution in [0.1, 0.15) is 22.5 Å². The SMILES string of the molecule is Cc1ccccc1C[NH+](C)Cc1cc(=O)n2c(C)cccc2n1. The van der Waals surface area contributed by atoms with Crippen molar-refractivity contribution in [2.75, 3.05) is 7.05 Å². The summed E-state index contributed by atoms with van der Waals surface area (Å²) >= 11 is 0. The van der Waals surface area contributed by atoms with Crippen molar-refractivity contribution in [2.45, 2.75) is 26.9 Å². The average molecular weight is 308 g/mol. The highest BCUT2D eigenvalue weighted by Gasteiger charge is 2.10. The summed E-state index contributed by atoms with van der Waals surface area (Å²) < 4.78 is 1.65. The van der Waals surface area contributed by atoms with Gasteiger partial charge in [-0.2, -0.15) is 0 Å². The standard InChI is InChI=1S/C19H21N3O/c1-14-7-4-5-9-16(14)12-21(3)13-17-11-19(23)22-15(2)8-6-10-18(22)20-17/h4-11H,12-13H2,1-3H3/p+1. The molecule has 0 fully saturated rings. The van der Waals surface area contributed by atoms with Gasteiger partial charge in [0.1, 0.15) is 24.4 Å². The lowest BCUT2D eigenvalue weighted by Gasteiger charge is -2.15. The maximum Gasteiger partial charge on any atom is 0.258 e. The Balaban J connectivity index is 1.84. The van der Waals surface area contributed by atoms with Crippen molar-refractivity contribution < 1.29 is 4.90 Å². The molecule has 1 unspecified atom stereocenters. The van der Waals surface area contributed by atoms with E-state index in [1.54, 1.807) is 10.5 Å². The van der Waals surface area contributed by atoms with Gasteiger partial charge in [0, 0.05) is 17.3 Å². The molecule has 0 aliphatic carbocycles. The third-order valence-electron chi connectivity index (χ3n) is 4.17. The largest absolute Gasteiger partial charge is 0.329 e. The zero-order chi connectivity index (χ0) is 16.4. The zero-order valence-corrected chi connectivity index (χ0v) is 13.8. The van der Waals surface area contributed by atoms with Crippen molar-refractivity contribution in [3.63, 3.8) is 0 Å². The van der Waals surface area contributed by atoms with Gasteiger partial charge in [-0.25, -0.2) is 4.98 Å². The number of benzene rings is 1. The van der Waals surface area contributed by atoms with Gasteiger partial charge in [0.2, 0.25) is 0 Å². The van der Waals surface area contributed by atoms with Gasteiger partial charge >= 0.3 is 0 Å². The van der Waals surface area contributed by atoms with E-state index in [0.29, 0.717) is 0 Å². The number of rotatable bonds is 4. The molecule has 1 N–H and O–H groups in total. The van der Waals surface area contributed by atoms with Crippen LogP contribution >= 0.6 is 0 Å². The minimum absolute atomic E-state index is 0.00760. The fraction of sp³-hybridized carbons (Fsp3) is 0.263. The van der Waals surface area contributed by atoms with Gasteiger partial charge in [-0.15, -0.1) is 0 Å². The summed E-state index contributed by atoms with van der Waals surface area (Å²) in [5.41, 5.74) is 5.09. The van der Waals surface area contributed by atoms with E-state index in [1.165, 1.54) is 16.0 Å². The summed E-state index contributed by atoms with van der Waals surface area (Å²) in [6.45, 7) is 5.70. The number of hydrogen-bond acceptors (Lipinski definition) is 2. The van der Waals surface area contributed by atoms with E-state index >= 15 is 0 Å². The Morgan fingerprint density at radius 2 is 1.83 bits per heavy atom. The lowest BCUT2D eigenvalue weighted by Crippen LogP contribution is -3.06. The van der Waals surface area contributed by atoms with E-state index in [9.17, 15) is 4.79 Å². The fourth-order valence-corrected chi connectivity index (χ4v) is 2.96. The molecule has 2 aromatic heterocycles. The topological polar surface area (TPSA) is 38.8 Å². The van der Waals surface area contributed by atoms with Crippen LogP contribution in [-0.4, -0.2) is 16.4 Å². The van der Waals surface area contributed by atoms with Crippen molar-refractivity contribution in [2.24, 2.45) is 0 Å². The first-order valence-electron chi connectivity index (χ1n) is 7.89. The molecule has 0 saturated heterocycles. The molecule has 1 aromatic carbocycles. The van der Waals surface area contributed by atoms with Crippen molar-refractivity contribution in [3.05, 3.63) is 81.4 Å². The summed E-state index contributed by atoms with van der Waals surface area (Å²) in [6.07, 6.45) is 0. The third-order valence-corrected chi connectivity index (χ3v) is 4.17. The molecule has 23 heavy (non-hydrogen) atoms. The molecule has 0 bridgehead atoms. The van der Waals surface area contributed by atoms with Gasteiger partial charge in [-0.05, 0) is 31.5 Å². The number of quaternary nitrogens is 1. The predicted octanol–water partition coefficient (Wildman–Crippen LogP) is 1.53. The van der Waals surface area contributed by atoms with E-state index < -0.39 is 0 Å². The summed E-state index contributed by atoms with van der Waals surface area (Å²) in [5, 5.41) is 0. The maximum atomic E-state index is 12.3. The summed E-state index contributed by atoms with van der Waals surface area (Å²) in [5.74, 6) is 0. The highest BCUT2D eigenvalue weighted by molar-refractivity contribution is 5.40. The summed E-state index contributed by atoms with van der Waals surface area (Å²) in [7, 11) is 2.13. The molecule has 4 heteroatoms. The van der Waals surface area contributed by atoms with Crippen molar-refractivity contribution in [1.82, 2.24) is 9.38 Å². The molecule has 118 valence electrons. The monoisotopic (exact) mass is 308 g/mol. The first kappa shape index (κ1) is 15.4. The summed E-state index contributed by atoms with van der Waals surface area (Å²) in [4.78, 5) is 18.3. The van der Waals surface area contributed by atoms with Gasteiger partial charge in [0.25, 0.3) is 5.56 Å². The van der Waals surface area contributed by atoms with E-state index in [2.05, 4.69) is 43.2 Å². The molecule has 0 aliphatic heterocycles. The molecule has 2 heterocycles. The van der Waals surface area contributed by atoms with Gasteiger partial charge in [0.15, 0.2) is 0 Å². The van der Waals surface area contributed by atoms with Crippen LogP contribution in [-0.2, 0) is 13.1 Å². The molecule has 0 amide bonds. The van der Waals surface area contributed by atoms with Gasteiger partial charge in [-0.3, -0.25) is 9.20 Å². The molecular formula is C19H22N3O+.